The fourth-order valence-electron chi connectivity index (χ4n) is 3.49. The summed E-state index contributed by atoms with van der Waals surface area (Å²) in [6, 6.07) is 18.3. The highest BCUT2D eigenvalue weighted by Crippen LogP contribution is 2.35. The van der Waals surface area contributed by atoms with Gasteiger partial charge in [0.15, 0.2) is 0 Å². The zero-order valence-electron chi connectivity index (χ0n) is 16.8. The third-order valence-electron chi connectivity index (χ3n) is 4.83. The Morgan fingerprint density at radius 2 is 1.83 bits per heavy atom. The van der Waals surface area contributed by atoms with E-state index in [0.29, 0.717) is 5.95 Å². The van der Waals surface area contributed by atoms with Gasteiger partial charge in [-0.1, -0.05) is 65.3 Å². The molecule has 7 heteroatoms. The average molecular weight is 388 g/mol. The number of hydrogen-bond acceptors (Lipinski definition) is 5. The maximum absolute atomic E-state index is 12.6. The number of carbonyl (C=O) groups excluding carboxylic acids is 1. The van der Waals surface area contributed by atoms with E-state index in [0.717, 1.165) is 16.8 Å². The molecule has 0 aliphatic carbocycles. The van der Waals surface area contributed by atoms with Gasteiger partial charge in [0.05, 0.1) is 5.70 Å². The summed E-state index contributed by atoms with van der Waals surface area (Å²) in [5, 5.41) is 15.3. The van der Waals surface area contributed by atoms with Gasteiger partial charge in [-0.25, -0.2) is 0 Å². The fourth-order valence-corrected chi connectivity index (χ4v) is 3.49. The highest BCUT2D eigenvalue weighted by Gasteiger charge is 2.31. The molecule has 0 radical (unpaired) electrons. The lowest BCUT2D eigenvalue weighted by molar-refractivity contribution is -0.120. The zero-order chi connectivity index (χ0) is 20.4. The molecule has 3 aromatic rings. The van der Waals surface area contributed by atoms with E-state index < -0.39 is 0 Å². The molecule has 29 heavy (non-hydrogen) atoms. The Labute approximate surface area is 170 Å². The van der Waals surface area contributed by atoms with Crippen LogP contribution in [0.2, 0.25) is 0 Å². The van der Waals surface area contributed by atoms with Gasteiger partial charge >= 0.3 is 0 Å². The third-order valence-corrected chi connectivity index (χ3v) is 4.83. The molecular weight excluding hydrogens is 364 g/mol. The summed E-state index contributed by atoms with van der Waals surface area (Å²) in [4.78, 5) is 14.4. The number of carbonyl (C=O) groups is 1. The summed E-state index contributed by atoms with van der Waals surface area (Å²) in [6.45, 7) is 6.09. The Balaban J connectivity index is 1.80. The first-order valence-corrected chi connectivity index (χ1v) is 9.71. The van der Waals surface area contributed by atoms with Crippen LogP contribution in [0.25, 0.3) is 5.70 Å². The maximum Gasteiger partial charge on any atom is 0.251 e. The van der Waals surface area contributed by atoms with Crippen molar-refractivity contribution in [3.05, 3.63) is 77.4 Å². The third kappa shape index (κ3) is 3.89. The number of aromatic nitrogens is 4. The highest BCUT2D eigenvalue weighted by molar-refractivity contribution is 5.89. The second-order valence-electron chi connectivity index (χ2n) is 7.51. The number of nitrogens with zero attached hydrogens (tertiary/aromatic N) is 5. The first-order valence-electron chi connectivity index (χ1n) is 9.71. The van der Waals surface area contributed by atoms with Crippen molar-refractivity contribution in [2.45, 2.75) is 32.9 Å². The molecule has 1 aromatic heterocycles. The van der Waals surface area contributed by atoms with Crippen molar-refractivity contribution in [2.75, 3.05) is 11.4 Å². The van der Waals surface area contributed by atoms with Crippen LogP contribution >= 0.6 is 0 Å². The van der Waals surface area contributed by atoms with Crippen LogP contribution in [0.15, 0.2) is 60.7 Å². The van der Waals surface area contributed by atoms with Crippen LogP contribution < -0.4 is 10.2 Å². The van der Waals surface area contributed by atoms with Crippen molar-refractivity contribution in [3.8, 4) is 0 Å². The molecule has 2 aromatic carbocycles. The lowest BCUT2D eigenvalue weighted by Gasteiger charge is -2.32. The Morgan fingerprint density at radius 1 is 1.10 bits per heavy atom. The molecule has 1 atom stereocenters. The lowest BCUT2D eigenvalue weighted by Crippen LogP contribution is -2.42. The Hall–Kier alpha value is -3.48. The van der Waals surface area contributed by atoms with E-state index in [1.54, 1.807) is 4.68 Å². The molecule has 7 nitrogen and oxygen atoms in total. The Morgan fingerprint density at radius 3 is 2.52 bits per heavy atom. The number of amides is 1. The molecule has 0 spiro atoms. The van der Waals surface area contributed by atoms with Gasteiger partial charge in [-0.2, -0.15) is 4.68 Å². The van der Waals surface area contributed by atoms with Crippen molar-refractivity contribution < 1.29 is 4.79 Å². The molecule has 148 valence electrons. The summed E-state index contributed by atoms with van der Waals surface area (Å²) < 4.78 is 1.76. The molecule has 0 unspecified atom stereocenters. The number of benzene rings is 2. The number of anilines is 1. The average Bonchev–Trinajstić information content (AvgIpc) is 3.19. The Kier molecular flexibility index (Phi) is 5.12. The fraction of sp³-hybridized carbons (Fsp3) is 0.273. The minimum Gasteiger partial charge on any atom is -0.352 e. The number of fused-ring (bicyclic) bond motifs is 1. The first-order chi connectivity index (χ1) is 14.0. The van der Waals surface area contributed by atoms with Crippen LogP contribution in [0.4, 0.5) is 5.95 Å². The molecule has 0 saturated carbocycles. The number of nitrogens with one attached hydrogen (secondary N) is 1. The first kappa shape index (κ1) is 18.9. The van der Waals surface area contributed by atoms with Crippen LogP contribution in [0.1, 0.15) is 36.6 Å². The summed E-state index contributed by atoms with van der Waals surface area (Å²) in [5.74, 6) is 0.473. The van der Waals surface area contributed by atoms with Crippen molar-refractivity contribution in [2.24, 2.45) is 0 Å². The normalized spacial score (nSPS) is 15.8. The number of tetrazole rings is 1. The minimum absolute atomic E-state index is 0.0627. The second kappa shape index (κ2) is 7.87. The summed E-state index contributed by atoms with van der Waals surface area (Å²) in [6.07, 6.45) is 2.12. The summed E-state index contributed by atoms with van der Waals surface area (Å²) in [5.41, 5.74) is 4.21. The molecular formula is C22H24N6O. The number of aryl methyl sites for hydroxylation is 1. The molecule has 0 fully saturated rings. The minimum atomic E-state index is -0.153. The molecule has 0 saturated heterocycles. The van der Waals surface area contributed by atoms with E-state index >= 15 is 0 Å². The molecule has 1 amide bonds. The predicted molar refractivity (Wildman–Crippen MR) is 112 cm³/mol. The van der Waals surface area contributed by atoms with E-state index in [4.69, 9.17) is 0 Å². The molecule has 2 heterocycles. The van der Waals surface area contributed by atoms with Gasteiger partial charge in [0.25, 0.3) is 5.95 Å². The van der Waals surface area contributed by atoms with Crippen LogP contribution in [0.3, 0.4) is 0 Å². The largest absolute Gasteiger partial charge is 0.352 e. The number of allylic oxidation sites excluding steroid dienone is 1. The van der Waals surface area contributed by atoms with Gasteiger partial charge in [-0.3, -0.25) is 9.69 Å². The van der Waals surface area contributed by atoms with E-state index in [2.05, 4.69) is 58.1 Å². The maximum atomic E-state index is 12.6. The monoisotopic (exact) mass is 388 g/mol. The zero-order valence-corrected chi connectivity index (χ0v) is 16.8. The summed E-state index contributed by atoms with van der Waals surface area (Å²) >= 11 is 0. The van der Waals surface area contributed by atoms with Crippen LogP contribution in [-0.4, -0.2) is 38.7 Å². The predicted octanol–water partition coefficient (Wildman–Crippen LogP) is 2.96. The van der Waals surface area contributed by atoms with Gasteiger partial charge in [0.2, 0.25) is 5.91 Å². The van der Waals surface area contributed by atoms with E-state index in [9.17, 15) is 4.79 Å². The summed E-state index contributed by atoms with van der Waals surface area (Å²) in [7, 11) is 0. The molecule has 4 rings (SSSR count). The van der Waals surface area contributed by atoms with E-state index in [1.807, 2.05) is 49.1 Å². The van der Waals surface area contributed by atoms with Gasteiger partial charge in [-0.15, -0.1) is 0 Å². The van der Waals surface area contributed by atoms with Crippen molar-refractivity contribution in [1.29, 1.82) is 0 Å². The highest BCUT2D eigenvalue weighted by atomic mass is 16.2. The van der Waals surface area contributed by atoms with Gasteiger partial charge in [-0.05, 0) is 48.4 Å². The van der Waals surface area contributed by atoms with Crippen LogP contribution in [0.5, 0.6) is 0 Å². The van der Waals surface area contributed by atoms with E-state index in [1.165, 1.54) is 5.56 Å². The quantitative estimate of drug-likeness (QED) is 0.727. The molecule has 1 aliphatic heterocycles. The SMILES string of the molecule is Cc1ccc([C@@H]2C=C(c3ccccc3)N(CC(=O)NC(C)C)c3nnnn32)cc1. The lowest BCUT2D eigenvalue weighted by atomic mass is 10.00. The van der Waals surface area contributed by atoms with Crippen molar-refractivity contribution in [1.82, 2.24) is 25.5 Å². The topological polar surface area (TPSA) is 75.9 Å². The van der Waals surface area contributed by atoms with Crippen LogP contribution in [0, 0.1) is 6.92 Å². The van der Waals surface area contributed by atoms with Crippen molar-refractivity contribution in [3.63, 3.8) is 0 Å². The Bertz CT molecular complexity index is 1020. The molecule has 1 aliphatic rings. The van der Waals surface area contributed by atoms with Crippen molar-refractivity contribution >= 4 is 17.6 Å². The number of hydrogen-bond donors (Lipinski definition) is 1. The second-order valence-corrected chi connectivity index (χ2v) is 7.51. The van der Waals surface area contributed by atoms with Gasteiger partial charge in [0.1, 0.15) is 12.6 Å². The van der Waals surface area contributed by atoms with Gasteiger partial charge < -0.3 is 5.32 Å². The van der Waals surface area contributed by atoms with Gasteiger partial charge in [0, 0.05) is 6.04 Å². The smallest absolute Gasteiger partial charge is 0.251 e. The standard InChI is InChI=1S/C22H24N6O/c1-15(2)23-21(29)14-27-19(17-7-5-4-6-8-17)13-20(28-22(27)24-25-26-28)18-11-9-16(3)10-12-18/h4-13,15,20H,14H2,1-3H3,(H,23,29)/t20-/m0/s1. The number of rotatable bonds is 5. The van der Waals surface area contributed by atoms with Crippen LogP contribution in [-0.2, 0) is 4.79 Å². The van der Waals surface area contributed by atoms with E-state index in [-0.39, 0.29) is 24.5 Å². The molecule has 0 bridgehead atoms. The molecule has 1 N–H and O–H groups in total.